The molecule has 2 aromatic carbocycles. The average molecular weight is 243 g/mol. The molecule has 0 saturated carbocycles. The fraction of sp³-hybridized carbons (Fsp3) is 0.0714. The first-order valence-electron chi connectivity index (χ1n) is 5.29. The highest BCUT2D eigenvalue weighted by Crippen LogP contribution is 2.20. The van der Waals surface area contributed by atoms with Gasteiger partial charge in [-0.2, -0.15) is 5.26 Å². The number of benzene rings is 2. The largest absolute Gasteiger partial charge is 0.508 e. The van der Waals surface area contributed by atoms with E-state index in [0.29, 0.717) is 16.9 Å². The number of phenols is 1. The summed E-state index contributed by atoms with van der Waals surface area (Å²) < 4.78 is 18.5. The fourth-order valence-electron chi connectivity index (χ4n) is 1.53. The molecule has 4 heteroatoms. The summed E-state index contributed by atoms with van der Waals surface area (Å²) in [6.45, 7) is 0.0735. The third-order valence-electron chi connectivity index (χ3n) is 2.40. The smallest absolute Gasteiger partial charge is 0.123 e. The van der Waals surface area contributed by atoms with E-state index in [-0.39, 0.29) is 12.4 Å². The van der Waals surface area contributed by atoms with Crippen molar-refractivity contribution >= 4 is 0 Å². The summed E-state index contributed by atoms with van der Waals surface area (Å²) in [5, 5.41) is 18.1. The molecule has 3 nitrogen and oxygen atoms in total. The van der Waals surface area contributed by atoms with Crippen molar-refractivity contribution in [3.05, 3.63) is 59.4 Å². The molecule has 0 fully saturated rings. The maximum absolute atomic E-state index is 13.1. The molecule has 18 heavy (non-hydrogen) atoms. The third kappa shape index (κ3) is 2.77. The minimum Gasteiger partial charge on any atom is -0.508 e. The second-order valence-electron chi connectivity index (χ2n) is 3.70. The van der Waals surface area contributed by atoms with Gasteiger partial charge in [-0.05, 0) is 30.3 Å². The molecule has 0 aromatic heterocycles. The maximum atomic E-state index is 13.1. The van der Waals surface area contributed by atoms with Gasteiger partial charge in [-0.15, -0.1) is 0 Å². The van der Waals surface area contributed by atoms with Crippen LogP contribution in [-0.2, 0) is 6.61 Å². The van der Waals surface area contributed by atoms with Crippen molar-refractivity contribution in [2.75, 3.05) is 0 Å². The molecule has 1 N–H and O–H groups in total. The van der Waals surface area contributed by atoms with Crippen LogP contribution in [0.5, 0.6) is 11.5 Å². The van der Waals surface area contributed by atoms with Crippen molar-refractivity contribution in [2.24, 2.45) is 0 Å². The molecule has 0 spiro atoms. The maximum Gasteiger partial charge on any atom is 0.123 e. The van der Waals surface area contributed by atoms with Crippen LogP contribution in [0.2, 0.25) is 0 Å². The molecule has 0 aliphatic heterocycles. The number of aromatic hydroxyl groups is 1. The lowest BCUT2D eigenvalue weighted by Gasteiger charge is -2.08. The number of nitrogens with zero attached hydrogens (tertiary/aromatic N) is 1. The standard InChI is InChI=1S/C14H10FNO2/c15-12-5-4-10(8-16)11(6-12)9-18-14-3-1-2-13(17)7-14/h1-7,17H,9H2. The van der Waals surface area contributed by atoms with Crippen molar-refractivity contribution in [1.82, 2.24) is 0 Å². The number of hydrogen-bond acceptors (Lipinski definition) is 3. The van der Waals surface area contributed by atoms with Crippen molar-refractivity contribution in [2.45, 2.75) is 6.61 Å². The number of ether oxygens (including phenoxy) is 1. The van der Waals surface area contributed by atoms with Gasteiger partial charge >= 0.3 is 0 Å². The van der Waals surface area contributed by atoms with Crippen LogP contribution in [0.15, 0.2) is 42.5 Å². The molecule has 0 saturated heterocycles. The van der Waals surface area contributed by atoms with Gasteiger partial charge in [0.25, 0.3) is 0 Å². The lowest BCUT2D eigenvalue weighted by molar-refractivity contribution is 0.303. The molecular weight excluding hydrogens is 233 g/mol. The molecule has 2 aromatic rings. The number of nitriles is 1. The summed E-state index contributed by atoms with van der Waals surface area (Å²) in [4.78, 5) is 0. The van der Waals surface area contributed by atoms with Crippen LogP contribution in [-0.4, -0.2) is 5.11 Å². The fourth-order valence-corrected chi connectivity index (χ4v) is 1.53. The molecule has 0 unspecified atom stereocenters. The summed E-state index contributed by atoms with van der Waals surface area (Å²) in [6.07, 6.45) is 0. The van der Waals surface area contributed by atoms with E-state index in [2.05, 4.69) is 0 Å². The molecule has 90 valence electrons. The van der Waals surface area contributed by atoms with Gasteiger partial charge in [-0.3, -0.25) is 0 Å². The van der Waals surface area contributed by atoms with Gasteiger partial charge in [-0.25, -0.2) is 4.39 Å². The third-order valence-corrected chi connectivity index (χ3v) is 2.40. The van der Waals surface area contributed by atoms with E-state index in [0.717, 1.165) is 0 Å². The summed E-state index contributed by atoms with van der Waals surface area (Å²) in [6, 6.07) is 12.2. The highest BCUT2D eigenvalue weighted by Gasteiger charge is 2.05. The van der Waals surface area contributed by atoms with Crippen molar-refractivity contribution in [3.8, 4) is 17.6 Å². The molecular formula is C14H10FNO2. The van der Waals surface area contributed by atoms with Gasteiger partial charge in [0.05, 0.1) is 11.6 Å². The number of hydrogen-bond donors (Lipinski definition) is 1. The highest BCUT2D eigenvalue weighted by molar-refractivity contribution is 5.38. The Balaban J connectivity index is 2.15. The van der Waals surface area contributed by atoms with Crippen LogP contribution in [0.3, 0.4) is 0 Å². The quantitative estimate of drug-likeness (QED) is 0.901. The molecule has 0 amide bonds. The van der Waals surface area contributed by atoms with Crippen LogP contribution in [0.4, 0.5) is 4.39 Å². The van der Waals surface area contributed by atoms with Crippen molar-refractivity contribution in [3.63, 3.8) is 0 Å². The van der Waals surface area contributed by atoms with Gasteiger partial charge in [0.2, 0.25) is 0 Å². The van der Waals surface area contributed by atoms with Gasteiger partial charge in [0, 0.05) is 11.6 Å². The van der Waals surface area contributed by atoms with E-state index < -0.39 is 5.82 Å². The lowest BCUT2D eigenvalue weighted by Crippen LogP contribution is -1.99. The Morgan fingerprint density at radius 3 is 2.78 bits per heavy atom. The van der Waals surface area contributed by atoms with E-state index in [9.17, 15) is 9.50 Å². The second kappa shape index (κ2) is 5.19. The highest BCUT2D eigenvalue weighted by atomic mass is 19.1. The topological polar surface area (TPSA) is 53.2 Å². The average Bonchev–Trinajstić information content (AvgIpc) is 2.37. The Bertz CT molecular complexity index is 605. The van der Waals surface area contributed by atoms with Gasteiger partial charge < -0.3 is 9.84 Å². The Hall–Kier alpha value is -2.54. The summed E-state index contributed by atoms with van der Waals surface area (Å²) in [5.74, 6) is 0.138. The SMILES string of the molecule is N#Cc1ccc(F)cc1COc1cccc(O)c1. The van der Waals surface area contributed by atoms with Crippen LogP contribution < -0.4 is 4.74 Å². The molecule has 0 aliphatic rings. The predicted octanol–water partition coefficient (Wildman–Crippen LogP) is 2.98. The van der Waals surface area contributed by atoms with E-state index in [4.69, 9.17) is 10.00 Å². The molecule has 0 heterocycles. The van der Waals surface area contributed by atoms with Gasteiger partial charge in [0.15, 0.2) is 0 Å². The number of phenolic OH excluding ortho intramolecular Hbond substituents is 1. The summed E-state index contributed by atoms with van der Waals surface area (Å²) >= 11 is 0. The van der Waals surface area contributed by atoms with E-state index >= 15 is 0 Å². The summed E-state index contributed by atoms with van der Waals surface area (Å²) in [7, 11) is 0. The first-order chi connectivity index (χ1) is 8.69. The first kappa shape index (κ1) is 11.9. The van der Waals surface area contributed by atoms with E-state index in [1.54, 1.807) is 12.1 Å². The Labute approximate surface area is 104 Å². The zero-order valence-electron chi connectivity index (χ0n) is 9.43. The van der Waals surface area contributed by atoms with Gasteiger partial charge in [-0.1, -0.05) is 6.07 Å². The number of rotatable bonds is 3. The number of halogens is 1. The normalized spacial score (nSPS) is 9.78. The van der Waals surface area contributed by atoms with Crippen LogP contribution in [0.25, 0.3) is 0 Å². The zero-order chi connectivity index (χ0) is 13.0. The van der Waals surface area contributed by atoms with Crippen LogP contribution >= 0.6 is 0 Å². The lowest BCUT2D eigenvalue weighted by atomic mass is 10.1. The Morgan fingerprint density at radius 2 is 2.06 bits per heavy atom. The molecule has 2 rings (SSSR count). The Morgan fingerprint density at radius 1 is 1.22 bits per heavy atom. The first-order valence-corrected chi connectivity index (χ1v) is 5.29. The Kier molecular flexibility index (Phi) is 3.44. The minimum absolute atomic E-state index is 0.0735. The zero-order valence-corrected chi connectivity index (χ0v) is 9.43. The van der Waals surface area contributed by atoms with Crippen LogP contribution in [0, 0.1) is 17.1 Å². The summed E-state index contributed by atoms with van der Waals surface area (Å²) in [5.41, 5.74) is 0.845. The van der Waals surface area contributed by atoms with E-state index in [1.807, 2.05) is 6.07 Å². The monoisotopic (exact) mass is 243 g/mol. The predicted molar refractivity (Wildman–Crippen MR) is 63.6 cm³/mol. The molecule has 0 radical (unpaired) electrons. The second-order valence-corrected chi connectivity index (χ2v) is 3.70. The van der Waals surface area contributed by atoms with Crippen molar-refractivity contribution in [1.29, 1.82) is 5.26 Å². The van der Waals surface area contributed by atoms with Crippen molar-refractivity contribution < 1.29 is 14.2 Å². The minimum atomic E-state index is -0.413. The molecule has 0 bridgehead atoms. The molecule has 0 aliphatic carbocycles. The van der Waals surface area contributed by atoms with Gasteiger partial charge in [0.1, 0.15) is 23.9 Å². The van der Waals surface area contributed by atoms with E-state index in [1.165, 1.54) is 30.3 Å². The molecule has 0 atom stereocenters. The van der Waals surface area contributed by atoms with Crippen LogP contribution in [0.1, 0.15) is 11.1 Å².